The Kier molecular flexibility index (Phi) is 6.88. The fourth-order valence-electron chi connectivity index (χ4n) is 8.13. The second-order valence-corrected chi connectivity index (χ2v) is 14.0. The van der Waals surface area contributed by atoms with Gasteiger partial charge in [0, 0.05) is 17.3 Å². The Morgan fingerprint density at radius 1 is 0.900 bits per heavy atom. The molecule has 0 aromatic heterocycles. The van der Waals surface area contributed by atoms with Crippen LogP contribution in [0.25, 0.3) is 0 Å². The van der Waals surface area contributed by atoms with E-state index in [1.54, 1.807) is 4.90 Å². The summed E-state index contributed by atoms with van der Waals surface area (Å²) in [6, 6.07) is 7.41. The molecule has 5 atom stereocenters. The predicted octanol–water partition coefficient (Wildman–Crippen LogP) is 5.14. The zero-order valence-electron chi connectivity index (χ0n) is 24.5. The molecule has 2 bridgehead atoms. The number of ether oxygens (including phenoxy) is 1. The average Bonchev–Trinajstić information content (AvgIpc) is 3.49. The Morgan fingerprint density at radius 3 is 2.15 bits per heavy atom. The third kappa shape index (κ3) is 4.58. The average molecular weight is 548 g/mol. The number of anilines is 1. The van der Waals surface area contributed by atoms with Crippen molar-refractivity contribution in [3.8, 4) is 0 Å². The smallest absolute Gasteiger partial charge is 0.246 e. The van der Waals surface area contributed by atoms with Crippen molar-refractivity contribution in [2.24, 2.45) is 11.8 Å². The molecule has 40 heavy (non-hydrogen) atoms. The van der Waals surface area contributed by atoms with E-state index in [9.17, 15) is 14.4 Å². The molecule has 3 amide bonds. The van der Waals surface area contributed by atoms with Gasteiger partial charge < -0.3 is 15.4 Å². The first-order valence-corrected chi connectivity index (χ1v) is 15.5. The highest BCUT2D eigenvalue weighted by Crippen LogP contribution is 2.60. The van der Waals surface area contributed by atoms with Gasteiger partial charge in [0.15, 0.2) is 0 Å². The molecule has 2 N–H and O–H groups in total. The van der Waals surface area contributed by atoms with Gasteiger partial charge in [0.2, 0.25) is 17.7 Å². The van der Waals surface area contributed by atoms with E-state index in [-0.39, 0.29) is 23.8 Å². The summed E-state index contributed by atoms with van der Waals surface area (Å²) >= 11 is 0. The van der Waals surface area contributed by atoms with E-state index in [1.807, 2.05) is 52.0 Å². The van der Waals surface area contributed by atoms with Crippen LogP contribution in [-0.4, -0.2) is 46.5 Å². The van der Waals surface area contributed by atoms with Gasteiger partial charge in [-0.15, -0.1) is 0 Å². The van der Waals surface area contributed by atoms with Crippen LogP contribution in [0.1, 0.15) is 103 Å². The fourth-order valence-corrected chi connectivity index (χ4v) is 8.13. The molecule has 3 heterocycles. The molecule has 0 unspecified atom stereocenters. The largest absolute Gasteiger partial charge is 0.356 e. The van der Waals surface area contributed by atoms with Crippen LogP contribution in [0.4, 0.5) is 5.69 Å². The molecule has 7 nitrogen and oxygen atoms in total. The van der Waals surface area contributed by atoms with Gasteiger partial charge in [0.1, 0.15) is 11.6 Å². The highest BCUT2D eigenvalue weighted by Gasteiger charge is 2.76. The van der Waals surface area contributed by atoms with Gasteiger partial charge in [-0.05, 0) is 77.0 Å². The first-order chi connectivity index (χ1) is 19.0. The Labute approximate surface area is 238 Å². The number of nitrogens with one attached hydrogen (secondary N) is 2. The second-order valence-electron chi connectivity index (χ2n) is 14.0. The molecule has 1 aromatic rings. The van der Waals surface area contributed by atoms with Crippen LogP contribution in [-0.2, 0) is 19.1 Å². The van der Waals surface area contributed by atoms with Crippen LogP contribution in [0.15, 0.2) is 36.4 Å². The summed E-state index contributed by atoms with van der Waals surface area (Å²) in [7, 11) is 0. The predicted molar refractivity (Wildman–Crippen MR) is 155 cm³/mol. The summed E-state index contributed by atoms with van der Waals surface area (Å²) in [6.45, 7) is 7.69. The van der Waals surface area contributed by atoms with E-state index in [0.717, 1.165) is 25.7 Å². The summed E-state index contributed by atoms with van der Waals surface area (Å²) < 4.78 is 6.69. The molecule has 6 rings (SSSR count). The van der Waals surface area contributed by atoms with Crippen molar-refractivity contribution >= 4 is 23.4 Å². The topological polar surface area (TPSA) is 87.7 Å². The third-order valence-electron chi connectivity index (χ3n) is 9.93. The molecule has 3 aliphatic heterocycles. The van der Waals surface area contributed by atoms with Crippen molar-refractivity contribution in [1.82, 2.24) is 10.6 Å². The van der Waals surface area contributed by atoms with E-state index in [0.29, 0.717) is 11.6 Å². The lowest BCUT2D eigenvalue weighted by Gasteiger charge is -2.35. The summed E-state index contributed by atoms with van der Waals surface area (Å²) in [6.07, 6.45) is 15.3. The van der Waals surface area contributed by atoms with Crippen LogP contribution in [0.2, 0.25) is 0 Å². The van der Waals surface area contributed by atoms with Crippen LogP contribution in [0.3, 0.4) is 0 Å². The van der Waals surface area contributed by atoms with Crippen LogP contribution < -0.4 is 15.5 Å². The summed E-state index contributed by atoms with van der Waals surface area (Å²) in [5, 5.41) is 6.37. The van der Waals surface area contributed by atoms with Gasteiger partial charge in [-0.1, -0.05) is 62.8 Å². The molecule has 1 aromatic carbocycles. The lowest BCUT2D eigenvalue weighted by atomic mass is 9.70. The molecule has 2 saturated heterocycles. The Bertz CT molecular complexity index is 1190. The maximum Gasteiger partial charge on any atom is 0.246 e. The molecule has 4 fully saturated rings. The first kappa shape index (κ1) is 27.5. The number of nitrogens with zero attached hydrogens (tertiary/aromatic N) is 1. The van der Waals surface area contributed by atoms with E-state index in [2.05, 4.69) is 22.8 Å². The van der Waals surface area contributed by atoms with E-state index in [4.69, 9.17) is 4.74 Å². The van der Waals surface area contributed by atoms with Gasteiger partial charge >= 0.3 is 0 Å². The maximum atomic E-state index is 14.4. The molecule has 7 heteroatoms. The Morgan fingerprint density at radius 2 is 1.52 bits per heavy atom. The highest BCUT2D eigenvalue weighted by molar-refractivity contribution is 6.10. The zero-order valence-corrected chi connectivity index (χ0v) is 24.5. The van der Waals surface area contributed by atoms with Crippen molar-refractivity contribution in [3.05, 3.63) is 42.0 Å². The quantitative estimate of drug-likeness (QED) is 0.500. The van der Waals surface area contributed by atoms with Crippen molar-refractivity contribution in [1.29, 1.82) is 0 Å². The van der Waals surface area contributed by atoms with Crippen LogP contribution in [0.5, 0.6) is 0 Å². The summed E-state index contributed by atoms with van der Waals surface area (Å²) in [5.41, 5.74) is -0.653. The van der Waals surface area contributed by atoms with Gasteiger partial charge in [-0.2, -0.15) is 0 Å². The van der Waals surface area contributed by atoms with Crippen LogP contribution in [0, 0.1) is 11.8 Å². The molecule has 216 valence electrons. The second kappa shape index (κ2) is 10.0. The number of carbonyl (C=O) groups is 3. The van der Waals surface area contributed by atoms with E-state index < -0.39 is 34.6 Å². The van der Waals surface area contributed by atoms with Crippen molar-refractivity contribution in [2.75, 3.05) is 4.90 Å². The lowest BCUT2D eigenvalue weighted by Crippen LogP contribution is -2.58. The number of hydrogen-bond acceptors (Lipinski definition) is 4. The maximum absolute atomic E-state index is 14.4. The Hall–Kier alpha value is -2.67. The molecular formula is C33H45N3O4. The molecular weight excluding hydrogens is 502 g/mol. The minimum Gasteiger partial charge on any atom is -0.356 e. The summed E-state index contributed by atoms with van der Waals surface area (Å²) in [4.78, 5) is 43.9. The van der Waals surface area contributed by atoms with Gasteiger partial charge in [0.05, 0.1) is 17.4 Å². The minimum absolute atomic E-state index is 0.129. The number of fused-ring (bicyclic) bond motifs is 1. The highest BCUT2D eigenvalue weighted by atomic mass is 16.5. The molecule has 1 spiro atoms. The SMILES string of the molecule is CC(C)(C)NC(=O)[C@@H]1N(c2ccc(C3CCCCC3)cc2)C(=O)[C@H]2[C@H](C(=O)NC3CCCCC3)[C@@]3(C)C=C[C@@]12O3. The van der Waals surface area contributed by atoms with Gasteiger partial charge in [-0.25, -0.2) is 0 Å². The number of rotatable bonds is 5. The molecule has 0 radical (unpaired) electrons. The van der Waals surface area contributed by atoms with E-state index in [1.165, 1.54) is 44.1 Å². The van der Waals surface area contributed by atoms with E-state index >= 15 is 0 Å². The summed E-state index contributed by atoms with van der Waals surface area (Å²) in [5.74, 6) is -1.52. The molecule has 2 aliphatic carbocycles. The van der Waals surface area contributed by atoms with Crippen molar-refractivity contribution in [3.63, 3.8) is 0 Å². The number of amides is 3. The third-order valence-corrected chi connectivity index (χ3v) is 9.93. The van der Waals surface area contributed by atoms with Gasteiger partial charge in [-0.3, -0.25) is 19.3 Å². The first-order valence-electron chi connectivity index (χ1n) is 15.5. The van der Waals surface area contributed by atoms with Crippen molar-refractivity contribution in [2.45, 2.75) is 127 Å². The molecule has 5 aliphatic rings. The minimum atomic E-state index is -1.20. The lowest BCUT2D eigenvalue weighted by molar-refractivity contribution is -0.135. The van der Waals surface area contributed by atoms with Crippen molar-refractivity contribution < 1.29 is 19.1 Å². The molecule has 2 saturated carbocycles. The monoisotopic (exact) mass is 547 g/mol. The number of benzene rings is 1. The normalized spacial score (nSPS) is 34.2. The Balaban J connectivity index is 1.36. The zero-order chi connectivity index (χ0) is 28.3. The number of carbonyl (C=O) groups excluding carboxylic acids is 3. The number of hydrogen-bond donors (Lipinski definition) is 2. The van der Waals surface area contributed by atoms with Gasteiger partial charge in [0.25, 0.3) is 0 Å². The standard InChI is InChI=1S/C33H45N3O4/c1-31(2,3)35-29(38)27-33-20-19-32(4,40-33)25(28(37)34-23-13-9-6-10-14-23)26(33)30(39)36(27)24-17-15-22(16-18-24)21-11-7-5-8-12-21/h15-21,23,25-27H,5-14H2,1-4H3,(H,34,37)(H,35,38)/t25-,26-,27+,32-,33+/m1/s1. The van der Waals surface area contributed by atoms with Crippen LogP contribution >= 0.6 is 0 Å². The fraction of sp³-hybridized carbons (Fsp3) is 0.667.